The van der Waals surface area contributed by atoms with Crippen LogP contribution in [0.2, 0.25) is 0 Å². The second kappa shape index (κ2) is 6.36. The van der Waals surface area contributed by atoms with Gasteiger partial charge in [0.25, 0.3) is 0 Å². The molecule has 4 atom stereocenters. The zero-order valence-corrected chi connectivity index (χ0v) is 11.6. The summed E-state index contributed by atoms with van der Waals surface area (Å²) in [5.74, 6) is 2.40. The normalized spacial score (nSPS) is 41.3. The average Bonchev–Trinajstić information content (AvgIpc) is 2.39. The van der Waals surface area contributed by atoms with Crippen LogP contribution in [-0.4, -0.2) is 22.5 Å². The van der Waals surface area contributed by atoms with Gasteiger partial charge in [0.1, 0.15) is 6.23 Å². The number of nitrogens with two attached hydrogens (primary N) is 1. The van der Waals surface area contributed by atoms with E-state index >= 15 is 0 Å². The molecule has 3 heteroatoms. The number of hydrogen-bond donors (Lipinski definition) is 3. The van der Waals surface area contributed by atoms with E-state index in [0.29, 0.717) is 11.8 Å². The lowest BCUT2D eigenvalue weighted by Crippen LogP contribution is -2.36. The predicted molar refractivity (Wildman–Crippen MR) is 72.8 cm³/mol. The predicted octanol–water partition coefficient (Wildman–Crippen LogP) is 2.26. The van der Waals surface area contributed by atoms with Gasteiger partial charge in [-0.2, -0.15) is 0 Å². The number of aliphatic hydroxyl groups excluding tert-OH is 2. The van der Waals surface area contributed by atoms with Crippen molar-refractivity contribution in [1.82, 2.24) is 0 Å². The van der Waals surface area contributed by atoms with E-state index in [-0.39, 0.29) is 6.10 Å². The topological polar surface area (TPSA) is 66.5 Å². The summed E-state index contributed by atoms with van der Waals surface area (Å²) >= 11 is 0. The molecule has 0 aromatic carbocycles. The van der Waals surface area contributed by atoms with Crippen LogP contribution in [0, 0.1) is 23.7 Å². The summed E-state index contributed by atoms with van der Waals surface area (Å²) in [4.78, 5) is 0. The zero-order chi connectivity index (χ0) is 13.1. The Kier molecular flexibility index (Phi) is 5.05. The molecule has 0 spiro atoms. The van der Waals surface area contributed by atoms with Gasteiger partial charge in [-0.3, -0.25) is 0 Å². The SMILES string of the molecule is CC(O)C1CCC(C2CCCC(C(N)O)C2)CC1. The Morgan fingerprint density at radius 2 is 1.56 bits per heavy atom. The second-order valence-corrected chi connectivity index (χ2v) is 6.59. The van der Waals surface area contributed by atoms with Crippen molar-refractivity contribution >= 4 is 0 Å². The highest BCUT2D eigenvalue weighted by Crippen LogP contribution is 2.42. The second-order valence-electron chi connectivity index (χ2n) is 6.59. The first kappa shape index (κ1) is 14.3. The molecule has 3 nitrogen and oxygen atoms in total. The third-order valence-electron chi connectivity index (χ3n) is 5.40. The first-order valence-electron chi connectivity index (χ1n) is 7.69. The van der Waals surface area contributed by atoms with E-state index in [1.807, 2.05) is 6.92 Å². The van der Waals surface area contributed by atoms with Crippen molar-refractivity contribution in [2.45, 2.75) is 70.6 Å². The van der Waals surface area contributed by atoms with Crippen molar-refractivity contribution in [1.29, 1.82) is 0 Å². The van der Waals surface area contributed by atoms with Gasteiger partial charge < -0.3 is 15.9 Å². The molecule has 2 aliphatic carbocycles. The summed E-state index contributed by atoms with van der Waals surface area (Å²) in [7, 11) is 0. The number of rotatable bonds is 3. The van der Waals surface area contributed by atoms with E-state index in [2.05, 4.69) is 0 Å². The van der Waals surface area contributed by atoms with Crippen LogP contribution < -0.4 is 5.73 Å². The molecule has 0 aliphatic heterocycles. The molecule has 0 aromatic rings. The molecule has 2 rings (SSSR count). The quantitative estimate of drug-likeness (QED) is 0.678. The molecule has 0 heterocycles. The van der Waals surface area contributed by atoms with Gasteiger partial charge in [0.05, 0.1) is 6.10 Å². The highest BCUT2D eigenvalue weighted by atomic mass is 16.3. The van der Waals surface area contributed by atoms with Gasteiger partial charge in [-0.05, 0) is 69.1 Å². The van der Waals surface area contributed by atoms with Gasteiger partial charge in [0.15, 0.2) is 0 Å². The largest absolute Gasteiger partial charge is 0.393 e. The van der Waals surface area contributed by atoms with Crippen LogP contribution in [0.25, 0.3) is 0 Å². The Morgan fingerprint density at radius 1 is 0.889 bits per heavy atom. The first-order chi connectivity index (χ1) is 8.58. The van der Waals surface area contributed by atoms with Crippen molar-refractivity contribution < 1.29 is 10.2 Å². The minimum absolute atomic E-state index is 0.143. The van der Waals surface area contributed by atoms with Crippen molar-refractivity contribution in [3.63, 3.8) is 0 Å². The molecule has 18 heavy (non-hydrogen) atoms. The van der Waals surface area contributed by atoms with Crippen molar-refractivity contribution in [2.75, 3.05) is 0 Å². The summed E-state index contributed by atoms with van der Waals surface area (Å²) in [6, 6.07) is 0. The molecule has 4 N–H and O–H groups in total. The minimum Gasteiger partial charge on any atom is -0.393 e. The van der Waals surface area contributed by atoms with Crippen molar-refractivity contribution in [3.05, 3.63) is 0 Å². The van der Waals surface area contributed by atoms with Crippen molar-refractivity contribution in [3.8, 4) is 0 Å². The van der Waals surface area contributed by atoms with Crippen LogP contribution in [0.1, 0.15) is 58.3 Å². The molecular formula is C15H29NO2. The van der Waals surface area contributed by atoms with Crippen molar-refractivity contribution in [2.24, 2.45) is 29.4 Å². The minimum atomic E-state index is -0.624. The molecule has 0 saturated heterocycles. The Bertz CT molecular complexity index is 247. The molecule has 0 amide bonds. The van der Waals surface area contributed by atoms with Crippen LogP contribution in [0.3, 0.4) is 0 Å². The van der Waals surface area contributed by atoms with E-state index in [4.69, 9.17) is 5.73 Å². The summed E-state index contributed by atoms with van der Waals surface area (Å²) in [5.41, 5.74) is 5.64. The third kappa shape index (κ3) is 3.46. The van der Waals surface area contributed by atoms with E-state index in [0.717, 1.165) is 24.7 Å². The molecule has 0 aromatic heterocycles. The maximum Gasteiger partial charge on any atom is 0.105 e. The summed E-state index contributed by atoms with van der Waals surface area (Å²) in [5, 5.41) is 19.2. The molecular weight excluding hydrogens is 226 g/mol. The van der Waals surface area contributed by atoms with Crippen LogP contribution in [0.5, 0.6) is 0 Å². The average molecular weight is 255 g/mol. The lowest BCUT2D eigenvalue weighted by molar-refractivity contribution is 0.0383. The van der Waals surface area contributed by atoms with E-state index in [9.17, 15) is 10.2 Å². The standard InChI is InChI=1S/C15H29NO2/c1-10(17)11-5-7-12(8-6-11)13-3-2-4-14(9-13)15(16)18/h10-15,17-18H,2-9,16H2,1H3. The van der Waals surface area contributed by atoms with Crippen LogP contribution in [-0.2, 0) is 0 Å². The summed E-state index contributed by atoms with van der Waals surface area (Å²) in [6.07, 6.45) is 8.84. The third-order valence-corrected chi connectivity index (χ3v) is 5.40. The monoisotopic (exact) mass is 255 g/mol. The summed E-state index contributed by atoms with van der Waals surface area (Å²) in [6.45, 7) is 1.92. The van der Waals surface area contributed by atoms with Gasteiger partial charge in [-0.25, -0.2) is 0 Å². The highest BCUT2D eigenvalue weighted by Gasteiger charge is 2.33. The lowest BCUT2D eigenvalue weighted by atomic mass is 9.68. The highest BCUT2D eigenvalue weighted by molar-refractivity contribution is 4.84. The molecule has 4 unspecified atom stereocenters. The van der Waals surface area contributed by atoms with Gasteiger partial charge in [0, 0.05) is 0 Å². The van der Waals surface area contributed by atoms with Gasteiger partial charge in [-0.1, -0.05) is 12.8 Å². The van der Waals surface area contributed by atoms with E-state index in [1.54, 1.807) is 0 Å². The fourth-order valence-electron chi connectivity index (χ4n) is 4.10. The maximum atomic E-state index is 9.64. The molecule has 2 saturated carbocycles. The van der Waals surface area contributed by atoms with Crippen LogP contribution in [0.15, 0.2) is 0 Å². The van der Waals surface area contributed by atoms with Gasteiger partial charge in [-0.15, -0.1) is 0 Å². The molecule has 2 fully saturated rings. The van der Waals surface area contributed by atoms with E-state index in [1.165, 1.54) is 38.5 Å². The van der Waals surface area contributed by atoms with Crippen LogP contribution >= 0.6 is 0 Å². The first-order valence-corrected chi connectivity index (χ1v) is 7.69. The molecule has 0 radical (unpaired) electrons. The van der Waals surface area contributed by atoms with Gasteiger partial charge >= 0.3 is 0 Å². The molecule has 2 aliphatic rings. The molecule has 106 valence electrons. The maximum absolute atomic E-state index is 9.64. The van der Waals surface area contributed by atoms with Gasteiger partial charge in [0.2, 0.25) is 0 Å². The Morgan fingerprint density at radius 3 is 2.11 bits per heavy atom. The summed E-state index contributed by atoms with van der Waals surface area (Å²) < 4.78 is 0. The lowest BCUT2D eigenvalue weighted by Gasteiger charge is -2.39. The zero-order valence-electron chi connectivity index (χ0n) is 11.6. The fourth-order valence-corrected chi connectivity index (χ4v) is 4.10. The fraction of sp³-hybridized carbons (Fsp3) is 1.00. The van der Waals surface area contributed by atoms with E-state index < -0.39 is 6.23 Å². The smallest absolute Gasteiger partial charge is 0.105 e. The van der Waals surface area contributed by atoms with Crippen LogP contribution in [0.4, 0.5) is 0 Å². The Labute approximate surface area is 111 Å². The molecule has 0 bridgehead atoms. The number of aliphatic hydroxyl groups is 2. The Balaban J connectivity index is 1.82. The number of hydrogen-bond acceptors (Lipinski definition) is 3. The Hall–Kier alpha value is -0.120.